The maximum absolute atomic E-state index is 4.56. The number of likely N-dealkylation sites (N-methyl/N-ethyl adjacent to an activating group) is 1. The standard InChI is InChI=1S/C15H28N4/c1-4-16-11-14-8-6-7-9-18(14)12-15-10-13(3)17-19(15)5-2/h10,14,16H,4-9,11-12H2,1-3H3. The summed E-state index contributed by atoms with van der Waals surface area (Å²) in [7, 11) is 0. The molecule has 0 saturated carbocycles. The Kier molecular flexibility index (Phi) is 5.40. The summed E-state index contributed by atoms with van der Waals surface area (Å²) in [4.78, 5) is 2.63. The minimum Gasteiger partial charge on any atom is -0.315 e. The van der Waals surface area contributed by atoms with Gasteiger partial charge >= 0.3 is 0 Å². The van der Waals surface area contributed by atoms with Crippen LogP contribution in [0.5, 0.6) is 0 Å². The highest BCUT2D eigenvalue weighted by molar-refractivity contribution is 5.09. The first-order chi connectivity index (χ1) is 9.24. The van der Waals surface area contributed by atoms with Gasteiger partial charge in [0.25, 0.3) is 0 Å². The topological polar surface area (TPSA) is 33.1 Å². The van der Waals surface area contributed by atoms with Gasteiger partial charge in [0.1, 0.15) is 0 Å². The van der Waals surface area contributed by atoms with Gasteiger partial charge in [0.2, 0.25) is 0 Å². The third-order valence-corrected chi connectivity index (χ3v) is 4.03. The van der Waals surface area contributed by atoms with Gasteiger partial charge < -0.3 is 5.32 Å². The molecule has 0 bridgehead atoms. The van der Waals surface area contributed by atoms with Crippen LogP contribution in [-0.2, 0) is 13.1 Å². The Morgan fingerprint density at radius 2 is 2.21 bits per heavy atom. The number of hydrogen-bond acceptors (Lipinski definition) is 3. The Hall–Kier alpha value is -0.870. The zero-order chi connectivity index (χ0) is 13.7. The van der Waals surface area contributed by atoms with Crippen molar-refractivity contribution in [2.45, 2.75) is 59.2 Å². The summed E-state index contributed by atoms with van der Waals surface area (Å²) in [5, 5.41) is 8.06. The van der Waals surface area contributed by atoms with Crippen LogP contribution in [0, 0.1) is 6.92 Å². The first kappa shape index (κ1) is 14.5. The number of aryl methyl sites for hydroxylation is 2. The molecule has 1 aromatic heterocycles. The predicted octanol–water partition coefficient (Wildman–Crippen LogP) is 2.18. The van der Waals surface area contributed by atoms with Crippen LogP contribution >= 0.6 is 0 Å². The van der Waals surface area contributed by atoms with Gasteiger partial charge in [-0.05, 0) is 45.8 Å². The number of likely N-dealkylation sites (tertiary alicyclic amines) is 1. The normalized spacial score (nSPS) is 20.9. The summed E-state index contributed by atoms with van der Waals surface area (Å²) in [5.41, 5.74) is 2.50. The fourth-order valence-electron chi connectivity index (χ4n) is 3.02. The second-order valence-electron chi connectivity index (χ2n) is 5.52. The van der Waals surface area contributed by atoms with Crippen molar-refractivity contribution in [3.63, 3.8) is 0 Å². The lowest BCUT2D eigenvalue weighted by Crippen LogP contribution is -2.45. The van der Waals surface area contributed by atoms with Crippen molar-refractivity contribution in [2.75, 3.05) is 19.6 Å². The van der Waals surface area contributed by atoms with E-state index in [1.54, 1.807) is 0 Å². The maximum Gasteiger partial charge on any atom is 0.0597 e. The molecule has 1 unspecified atom stereocenters. The Morgan fingerprint density at radius 3 is 2.95 bits per heavy atom. The van der Waals surface area contributed by atoms with Gasteiger partial charge in [-0.15, -0.1) is 0 Å². The number of hydrogen-bond donors (Lipinski definition) is 1. The lowest BCUT2D eigenvalue weighted by molar-refractivity contribution is 0.134. The van der Waals surface area contributed by atoms with Crippen LogP contribution in [0.2, 0.25) is 0 Å². The molecule has 1 aliphatic heterocycles. The van der Waals surface area contributed by atoms with E-state index in [9.17, 15) is 0 Å². The Labute approximate surface area is 117 Å². The highest BCUT2D eigenvalue weighted by Crippen LogP contribution is 2.19. The van der Waals surface area contributed by atoms with Crippen LogP contribution in [0.15, 0.2) is 6.07 Å². The maximum atomic E-state index is 4.56. The minimum atomic E-state index is 0.689. The van der Waals surface area contributed by atoms with Crippen molar-refractivity contribution >= 4 is 0 Å². The van der Waals surface area contributed by atoms with E-state index >= 15 is 0 Å². The Balaban J connectivity index is 2.01. The Bertz CT molecular complexity index is 385. The summed E-state index contributed by atoms with van der Waals surface area (Å²) >= 11 is 0. The van der Waals surface area contributed by atoms with Crippen molar-refractivity contribution in [1.82, 2.24) is 20.0 Å². The number of rotatable bonds is 6. The SMILES string of the molecule is CCNCC1CCCCN1Cc1cc(C)nn1CC. The fourth-order valence-corrected chi connectivity index (χ4v) is 3.02. The van der Waals surface area contributed by atoms with Crippen molar-refractivity contribution < 1.29 is 0 Å². The molecule has 0 aromatic carbocycles. The zero-order valence-electron chi connectivity index (χ0n) is 12.7. The average Bonchev–Trinajstić information content (AvgIpc) is 2.78. The second-order valence-corrected chi connectivity index (χ2v) is 5.52. The molecule has 1 fully saturated rings. The average molecular weight is 264 g/mol. The molecule has 2 heterocycles. The molecule has 0 amide bonds. The third kappa shape index (κ3) is 3.80. The molecule has 1 N–H and O–H groups in total. The van der Waals surface area contributed by atoms with Gasteiger partial charge in [0.05, 0.1) is 11.4 Å². The Morgan fingerprint density at radius 1 is 1.37 bits per heavy atom. The first-order valence-corrected chi connectivity index (χ1v) is 7.72. The van der Waals surface area contributed by atoms with Crippen LogP contribution in [0.1, 0.15) is 44.5 Å². The molecule has 19 heavy (non-hydrogen) atoms. The predicted molar refractivity (Wildman–Crippen MR) is 79.2 cm³/mol. The highest BCUT2D eigenvalue weighted by atomic mass is 15.3. The van der Waals surface area contributed by atoms with E-state index in [-0.39, 0.29) is 0 Å². The molecule has 4 heteroatoms. The number of nitrogens with one attached hydrogen (secondary N) is 1. The van der Waals surface area contributed by atoms with E-state index in [2.05, 4.69) is 46.8 Å². The molecule has 108 valence electrons. The molecular formula is C15H28N4. The van der Waals surface area contributed by atoms with E-state index in [0.29, 0.717) is 6.04 Å². The van der Waals surface area contributed by atoms with E-state index in [1.807, 2.05) is 0 Å². The summed E-state index contributed by atoms with van der Waals surface area (Å²) in [6.07, 6.45) is 4.03. The van der Waals surface area contributed by atoms with Gasteiger partial charge in [-0.3, -0.25) is 9.58 Å². The summed E-state index contributed by atoms with van der Waals surface area (Å²) < 4.78 is 2.15. The molecule has 2 rings (SSSR count). The van der Waals surface area contributed by atoms with E-state index in [0.717, 1.165) is 31.9 Å². The molecule has 1 saturated heterocycles. The smallest absolute Gasteiger partial charge is 0.0597 e. The van der Waals surface area contributed by atoms with Crippen molar-refractivity contribution in [1.29, 1.82) is 0 Å². The monoisotopic (exact) mass is 264 g/mol. The molecule has 1 aromatic rings. The van der Waals surface area contributed by atoms with Gasteiger partial charge in [-0.25, -0.2) is 0 Å². The van der Waals surface area contributed by atoms with Crippen LogP contribution in [0.3, 0.4) is 0 Å². The van der Waals surface area contributed by atoms with Crippen molar-refractivity contribution in [3.05, 3.63) is 17.5 Å². The zero-order valence-corrected chi connectivity index (χ0v) is 12.7. The van der Waals surface area contributed by atoms with Crippen LogP contribution in [-0.4, -0.2) is 40.4 Å². The van der Waals surface area contributed by atoms with E-state index in [4.69, 9.17) is 0 Å². The lowest BCUT2D eigenvalue weighted by Gasteiger charge is -2.35. The van der Waals surface area contributed by atoms with Gasteiger partial charge in [-0.1, -0.05) is 13.3 Å². The molecule has 0 radical (unpaired) electrons. The van der Waals surface area contributed by atoms with Crippen LogP contribution in [0.4, 0.5) is 0 Å². The minimum absolute atomic E-state index is 0.689. The highest BCUT2D eigenvalue weighted by Gasteiger charge is 2.23. The van der Waals surface area contributed by atoms with Crippen molar-refractivity contribution in [2.24, 2.45) is 0 Å². The molecular weight excluding hydrogens is 236 g/mol. The van der Waals surface area contributed by atoms with Gasteiger partial charge in [0.15, 0.2) is 0 Å². The largest absolute Gasteiger partial charge is 0.315 e. The van der Waals surface area contributed by atoms with Crippen LogP contribution in [0.25, 0.3) is 0 Å². The van der Waals surface area contributed by atoms with Gasteiger partial charge in [-0.2, -0.15) is 5.10 Å². The van der Waals surface area contributed by atoms with E-state index < -0.39 is 0 Å². The van der Waals surface area contributed by atoms with E-state index in [1.165, 1.54) is 31.5 Å². The molecule has 0 aliphatic carbocycles. The molecule has 4 nitrogen and oxygen atoms in total. The quantitative estimate of drug-likeness (QED) is 0.855. The third-order valence-electron chi connectivity index (χ3n) is 4.03. The fraction of sp³-hybridized carbons (Fsp3) is 0.800. The summed E-state index contributed by atoms with van der Waals surface area (Å²) in [5.74, 6) is 0. The molecule has 0 spiro atoms. The second kappa shape index (κ2) is 7.06. The van der Waals surface area contributed by atoms with Crippen molar-refractivity contribution in [3.8, 4) is 0 Å². The van der Waals surface area contributed by atoms with Gasteiger partial charge in [0, 0.05) is 25.7 Å². The summed E-state index contributed by atoms with van der Waals surface area (Å²) in [6.45, 7) is 11.9. The molecule has 1 aliphatic rings. The lowest BCUT2D eigenvalue weighted by atomic mass is 10.0. The summed E-state index contributed by atoms with van der Waals surface area (Å²) in [6, 6.07) is 2.93. The molecule has 1 atom stereocenters. The number of piperidine rings is 1. The first-order valence-electron chi connectivity index (χ1n) is 7.72. The number of aromatic nitrogens is 2. The van der Waals surface area contributed by atoms with Crippen LogP contribution < -0.4 is 5.32 Å². The number of nitrogens with zero attached hydrogens (tertiary/aromatic N) is 3.